The molecule has 0 aliphatic heterocycles. The zero-order valence-corrected chi connectivity index (χ0v) is 15.4. The van der Waals surface area contributed by atoms with Gasteiger partial charge in [-0.25, -0.2) is 0 Å². The molecule has 1 N–H and O–H groups in total. The van der Waals surface area contributed by atoms with Crippen LogP contribution < -0.4 is 10.1 Å². The van der Waals surface area contributed by atoms with Crippen LogP contribution in [0.4, 0.5) is 5.69 Å². The zero-order valence-electron chi connectivity index (χ0n) is 15.4. The number of aromatic nitrogens is 2. The summed E-state index contributed by atoms with van der Waals surface area (Å²) >= 11 is 0. The number of anilines is 1. The molecule has 1 aromatic heterocycles. The number of aryl methyl sites for hydroxylation is 2. The average molecular weight is 342 g/mol. The van der Waals surface area contributed by atoms with Crippen molar-refractivity contribution in [2.75, 3.05) is 19.0 Å². The van der Waals surface area contributed by atoms with Gasteiger partial charge in [0.1, 0.15) is 5.75 Å². The van der Waals surface area contributed by atoms with Crippen molar-refractivity contribution in [2.45, 2.75) is 39.3 Å². The maximum absolute atomic E-state index is 12.6. The van der Waals surface area contributed by atoms with Crippen molar-refractivity contribution in [2.24, 2.45) is 7.05 Å². The number of benzene rings is 1. The van der Waals surface area contributed by atoms with E-state index in [1.807, 2.05) is 39.1 Å². The Bertz CT molecular complexity index is 765. The normalized spacial score (nSPS) is 14.0. The van der Waals surface area contributed by atoms with Gasteiger partial charge < -0.3 is 10.1 Å². The second kappa shape index (κ2) is 7.27. The Hall–Kier alpha value is -2.34. The van der Waals surface area contributed by atoms with E-state index in [1.54, 1.807) is 11.8 Å². The molecule has 134 valence electrons. The molecule has 1 fully saturated rings. The Labute approximate surface area is 148 Å². The predicted octanol–water partition coefficient (Wildman–Crippen LogP) is 2.65. The van der Waals surface area contributed by atoms with Gasteiger partial charge in [0.15, 0.2) is 0 Å². The van der Waals surface area contributed by atoms with E-state index >= 15 is 0 Å². The lowest BCUT2D eigenvalue weighted by atomic mass is 10.2. The molecule has 0 unspecified atom stereocenters. The molecule has 1 heterocycles. The molecule has 0 atom stereocenters. The third-order valence-corrected chi connectivity index (χ3v) is 4.75. The standard InChI is InChI=1S/C19H26N4O2/c1-13-19(14(2)22(3)21-13)20-18(24)12-23(16-9-10-16)11-15-7-5-6-8-17(15)25-4/h5-8,16H,9-12H2,1-4H3,(H,20,24). The van der Waals surface area contributed by atoms with Crippen LogP contribution in [0, 0.1) is 13.8 Å². The molecular formula is C19H26N4O2. The van der Waals surface area contributed by atoms with Crippen molar-refractivity contribution >= 4 is 11.6 Å². The number of nitrogens with zero attached hydrogens (tertiary/aromatic N) is 3. The topological polar surface area (TPSA) is 59.4 Å². The predicted molar refractivity (Wildman–Crippen MR) is 97.7 cm³/mol. The van der Waals surface area contributed by atoms with E-state index in [-0.39, 0.29) is 5.91 Å². The lowest BCUT2D eigenvalue weighted by Crippen LogP contribution is -2.34. The van der Waals surface area contributed by atoms with E-state index in [2.05, 4.69) is 21.4 Å². The Morgan fingerprint density at radius 3 is 2.68 bits per heavy atom. The van der Waals surface area contributed by atoms with Crippen LogP contribution in [0.25, 0.3) is 0 Å². The molecule has 1 saturated carbocycles. The van der Waals surface area contributed by atoms with Crippen LogP contribution in [0.3, 0.4) is 0 Å². The van der Waals surface area contributed by atoms with Gasteiger partial charge in [0.2, 0.25) is 5.91 Å². The summed E-state index contributed by atoms with van der Waals surface area (Å²) in [6.07, 6.45) is 2.29. The molecule has 0 saturated heterocycles. The molecule has 1 aliphatic carbocycles. The third kappa shape index (κ3) is 4.02. The highest BCUT2D eigenvalue weighted by Crippen LogP contribution is 2.30. The van der Waals surface area contributed by atoms with E-state index in [1.165, 1.54) is 0 Å². The van der Waals surface area contributed by atoms with Gasteiger partial charge in [0, 0.05) is 25.2 Å². The molecule has 6 nitrogen and oxygen atoms in total. The first-order valence-corrected chi connectivity index (χ1v) is 8.65. The number of carbonyl (C=O) groups is 1. The molecular weight excluding hydrogens is 316 g/mol. The fraction of sp³-hybridized carbons (Fsp3) is 0.474. The van der Waals surface area contributed by atoms with Crippen molar-refractivity contribution in [1.29, 1.82) is 0 Å². The molecule has 0 radical (unpaired) electrons. The van der Waals surface area contributed by atoms with E-state index in [0.29, 0.717) is 19.1 Å². The van der Waals surface area contributed by atoms with Crippen molar-refractivity contribution in [3.8, 4) is 5.75 Å². The summed E-state index contributed by atoms with van der Waals surface area (Å²) in [4.78, 5) is 14.8. The number of amides is 1. The smallest absolute Gasteiger partial charge is 0.238 e. The second-order valence-corrected chi connectivity index (χ2v) is 6.67. The minimum atomic E-state index is 0.000924. The van der Waals surface area contributed by atoms with Crippen LogP contribution in [0.2, 0.25) is 0 Å². The first-order chi connectivity index (χ1) is 12.0. The number of ether oxygens (including phenoxy) is 1. The summed E-state index contributed by atoms with van der Waals surface area (Å²) in [6, 6.07) is 8.46. The van der Waals surface area contributed by atoms with Crippen molar-refractivity contribution in [3.63, 3.8) is 0 Å². The number of rotatable bonds is 7. The number of hydrogen-bond acceptors (Lipinski definition) is 4. The maximum atomic E-state index is 12.6. The van der Waals surface area contributed by atoms with Gasteiger partial charge in [-0.1, -0.05) is 18.2 Å². The van der Waals surface area contributed by atoms with Gasteiger partial charge in [-0.15, -0.1) is 0 Å². The Kier molecular flexibility index (Phi) is 5.08. The number of hydrogen-bond donors (Lipinski definition) is 1. The Morgan fingerprint density at radius 2 is 2.08 bits per heavy atom. The van der Waals surface area contributed by atoms with Crippen LogP contribution in [-0.4, -0.2) is 40.3 Å². The fourth-order valence-electron chi connectivity index (χ4n) is 3.12. The van der Waals surface area contributed by atoms with Gasteiger partial charge in [0.05, 0.1) is 30.7 Å². The van der Waals surface area contributed by atoms with Crippen LogP contribution in [-0.2, 0) is 18.4 Å². The average Bonchev–Trinajstić information content (AvgIpc) is 3.40. The molecule has 1 aromatic carbocycles. The largest absolute Gasteiger partial charge is 0.496 e. The Balaban J connectivity index is 1.69. The zero-order chi connectivity index (χ0) is 18.0. The van der Waals surface area contributed by atoms with Gasteiger partial charge in [-0.2, -0.15) is 5.10 Å². The molecule has 1 amide bonds. The molecule has 1 aliphatic rings. The minimum absolute atomic E-state index is 0.000924. The molecule has 3 rings (SSSR count). The molecule has 2 aromatic rings. The minimum Gasteiger partial charge on any atom is -0.496 e. The number of carbonyl (C=O) groups excluding carboxylic acids is 1. The van der Waals surface area contributed by atoms with E-state index in [9.17, 15) is 4.79 Å². The summed E-state index contributed by atoms with van der Waals surface area (Å²) in [5, 5.41) is 7.38. The Morgan fingerprint density at radius 1 is 1.36 bits per heavy atom. The van der Waals surface area contributed by atoms with Crippen LogP contribution in [0.1, 0.15) is 29.8 Å². The highest BCUT2D eigenvalue weighted by atomic mass is 16.5. The SMILES string of the molecule is COc1ccccc1CN(CC(=O)Nc1c(C)nn(C)c1C)C1CC1. The molecule has 25 heavy (non-hydrogen) atoms. The monoisotopic (exact) mass is 342 g/mol. The van der Waals surface area contributed by atoms with Crippen LogP contribution in [0.15, 0.2) is 24.3 Å². The van der Waals surface area contributed by atoms with E-state index in [0.717, 1.165) is 41.2 Å². The summed E-state index contributed by atoms with van der Waals surface area (Å²) in [5.74, 6) is 0.869. The third-order valence-electron chi connectivity index (χ3n) is 4.75. The van der Waals surface area contributed by atoms with Gasteiger partial charge in [-0.3, -0.25) is 14.4 Å². The van der Waals surface area contributed by atoms with E-state index < -0.39 is 0 Å². The van der Waals surface area contributed by atoms with Gasteiger partial charge in [-0.05, 0) is 32.8 Å². The lowest BCUT2D eigenvalue weighted by Gasteiger charge is -2.22. The highest BCUT2D eigenvalue weighted by molar-refractivity contribution is 5.93. The second-order valence-electron chi connectivity index (χ2n) is 6.67. The molecule has 0 bridgehead atoms. The number of para-hydroxylation sites is 1. The highest BCUT2D eigenvalue weighted by Gasteiger charge is 2.31. The first-order valence-electron chi connectivity index (χ1n) is 8.65. The van der Waals surface area contributed by atoms with Crippen LogP contribution >= 0.6 is 0 Å². The quantitative estimate of drug-likeness (QED) is 0.840. The van der Waals surface area contributed by atoms with Crippen molar-refractivity contribution in [3.05, 3.63) is 41.2 Å². The van der Waals surface area contributed by atoms with Crippen molar-refractivity contribution in [1.82, 2.24) is 14.7 Å². The maximum Gasteiger partial charge on any atom is 0.238 e. The summed E-state index contributed by atoms with van der Waals surface area (Å²) in [5.41, 5.74) is 3.74. The summed E-state index contributed by atoms with van der Waals surface area (Å²) in [7, 11) is 3.57. The molecule has 0 spiro atoms. The summed E-state index contributed by atoms with van der Waals surface area (Å²) < 4.78 is 7.23. The van der Waals surface area contributed by atoms with Gasteiger partial charge in [0.25, 0.3) is 0 Å². The molecule has 6 heteroatoms. The van der Waals surface area contributed by atoms with Crippen molar-refractivity contribution < 1.29 is 9.53 Å². The fourth-order valence-corrected chi connectivity index (χ4v) is 3.12. The number of methoxy groups -OCH3 is 1. The first kappa shape index (κ1) is 17.5. The van der Waals surface area contributed by atoms with Crippen LogP contribution in [0.5, 0.6) is 5.75 Å². The lowest BCUT2D eigenvalue weighted by molar-refractivity contribution is -0.117. The number of nitrogens with one attached hydrogen (secondary N) is 1. The van der Waals surface area contributed by atoms with Gasteiger partial charge >= 0.3 is 0 Å². The summed E-state index contributed by atoms with van der Waals surface area (Å²) in [6.45, 7) is 4.96. The van der Waals surface area contributed by atoms with E-state index in [4.69, 9.17) is 4.74 Å².